The highest BCUT2D eigenvalue weighted by molar-refractivity contribution is 6.33. The van der Waals surface area contributed by atoms with Crippen LogP contribution in [0.4, 0.5) is 0 Å². The van der Waals surface area contributed by atoms with Crippen LogP contribution in [-0.2, 0) is 11.2 Å². The molecular formula is C17H20ClN3O2. The Morgan fingerprint density at radius 3 is 3.04 bits per heavy atom. The number of rotatable bonds is 5. The maximum Gasteiger partial charge on any atom is 0.228 e. The first-order chi connectivity index (χ1) is 11.1. The number of benzene rings is 1. The van der Waals surface area contributed by atoms with E-state index in [-0.39, 0.29) is 12.3 Å². The zero-order valence-electron chi connectivity index (χ0n) is 13.1. The predicted octanol–water partition coefficient (Wildman–Crippen LogP) is 2.61. The molecule has 1 N–H and O–H groups in total. The highest BCUT2D eigenvalue weighted by Crippen LogP contribution is 2.28. The third-order valence-corrected chi connectivity index (χ3v) is 4.48. The summed E-state index contributed by atoms with van der Waals surface area (Å²) in [5.41, 5.74) is 1.41. The van der Waals surface area contributed by atoms with Crippen molar-refractivity contribution in [3.05, 3.63) is 41.0 Å². The monoisotopic (exact) mass is 333 g/mol. The van der Waals surface area contributed by atoms with E-state index in [0.717, 1.165) is 31.6 Å². The minimum atomic E-state index is 0.0518. The van der Waals surface area contributed by atoms with E-state index in [1.807, 2.05) is 25.2 Å². The fourth-order valence-corrected chi connectivity index (χ4v) is 3.06. The van der Waals surface area contributed by atoms with Crippen LogP contribution in [0.5, 0.6) is 0 Å². The Morgan fingerprint density at radius 1 is 1.48 bits per heavy atom. The van der Waals surface area contributed by atoms with Crippen molar-refractivity contribution in [3.63, 3.8) is 0 Å². The van der Waals surface area contributed by atoms with Crippen molar-refractivity contribution in [1.82, 2.24) is 15.4 Å². The highest BCUT2D eigenvalue weighted by Gasteiger charge is 2.20. The van der Waals surface area contributed by atoms with E-state index in [1.165, 1.54) is 0 Å². The third kappa shape index (κ3) is 3.92. The van der Waals surface area contributed by atoms with Gasteiger partial charge in [0, 0.05) is 25.2 Å². The van der Waals surface area contributed by atoms with Crippen LogP contribution in [0.15, 0.2) is 34.9 Å². The summed E-state index contributed by atoms with van der Waals surface area (Å²) in [6.45, 7) is 2.80. The number of nitrogens with zero attached hydrogens (tertiary/aromatic N) is 2. The number of likely N-dealkylation sites (N-methyl/N-ethyl adjacent to an activating group) is 1. The molecule has 1 fully saturated rings. The standard InChI is InChI=1S/C17H20ClN3O2/c1-21(11-12-6-7-19-10-12)17(22)9-13-8-16(23-20-13)14-4-2-3-5-15(14)18/h2-5,8,12,19H,6-7,9-11H2,1H3. The van der Waals surface area contributed by atoms with Gasteiger partial charge < -0.3 is 14.7 Å². The second-order valence-electron chi connectivity index (χ2n) is 5.97. The van der Waals surface area contributed by atoms with E-state index in [1.54, 1.807) is 17.0 Å². The Kier molecular flexibility index (Phi) is 4.98. The van der Waals surface area contributed by atoms with Crippen molar-refractivity contribution < 1.29 is 9.32 Å². The zero-order valence-corrected chi connectivity index (χ0v) is 13.8. The Morgan fingerprint density at radius 2 is 2.30 bits per heavy atom. The van der Waals surface area contributed by atoms with Gasteiger partial charge in [-0.05, 0) is 37.6 Å². The van der Waals surface area contributed by atoms with E-state index in [0.29, 0.717) is 22.4 Å². The van der Waals surface area contributed by atoms with E-state index in [2.05, 4.69) is 10.5 Å². The summed E-state index contributed by atoms with van der Waals surface area (Å²) >= 11 is 6.15. The summed E-state index contributed by atoms with van der Waals surface area (Å²) in [6.07, 6.45) is 1.36. The van der Waals surface area contributed by atoms with Crippen LogP contribution in [-0.4, -0.2) is 42.6 Å². The minimum Gasteiger partial charge on any atom is -0.356 e. The Bertz CT molecular complexity index is 680. The molecule has 2 aromatic rings. The summed E-state index contributed by atoms with van der Waals surface area (Å²) in [6, 6.07) is 9.20. The van der Waals surface area contributed by atoms with Gasteiger partial charge in [0.25, 0.3) is 0 Å². The summed E-state index contributed by atoms with van der Waals surface area (Å²) in [5.74, 6) is 1.18. The fraction of sp³-hybridized carbons (Fsp3) is 0.412. The second kappa shape index (κ2) is 7.15. The first kappa shape index (κ1) is 16.0. The van der Waals surface area contributed by atoms with Crippen LogP contribution in [0.3, 0.4) is 0 Å². The highest BCUT2D eigenvalue weighted by atomic mass is 35.5. The molecule has 2 heterocycles. The van der Waals surface area contributed by atoms with Gasteiger partial charge in [-0.3, -0.25) is 4.79 Å². The average Bonchev–Trinajstić information content (AvgIpc) is 3.19. The van der Waals surface area contributed by atoms with Gasteiger partial charge in [0.1, 0.15) is 0 Å². The van der Waals surface area contributed by atoms with Crippen molar-refractivity contribution in [2.45, 2.75) is 12.8 Å². The van der Waals surface area contributed by atoms with Crippen LogP contribution in [0, 0.1) is 5.92 Å². The van der Waals surface area contributed by atoms with Gasteiger partial charge in [-0.15, -0.1) is 0 Å². The molecule has 3 rings (SSSR count). The maximum atomic E-state index is 12.3. The first-order valence-electron chi connectivity index (χ1n) is 7.78. The predicted molar refractivity (Wildman–Crippen MR) is 89.3 cm³/mol. The Hall–Kier alpha value is -1.85. The lowest BCUT2D eigenvalue weighted by molar-refractivity contribution is -0.129. The molecule has 0 saturated carbocycles. The van der Waals surface area contributed by atoms with Crippen molar-refractivity contribution in [2.75, 3.05) is 26.7 Å². The van der Waals surface area contributed by atoms with Gasteiger partial charge >= 0.3 is 0 Å². The van der Waals surface area contributed by atoms with Crippen LogP contribution in [0.2, 0.25) is 5.02 Å². The van der Waals surface area contributed by atoms with E-state index < -0.39 is 0 Å². The smallest absolute Gasteiger partial charge is 0.228 e. The molecular weight excluding hydrogens is 314 g/mol. The summed E-state index contributed by atoms with van der Waals surface area (Å²) in [5, 5.41) is 7.91. The number of halogens is 1. The summed E-state index contributed by atoms with van der Waals surface area (Å²) < 4.78 is 5.33. The number of nitrogens with one attached hydrogen (secondary N) is 1. The van der Waals surface area contributed by atoms with Gasteiger partial charge in [-0.1, -0.05) is 28.9 Å². The van der Waals surface area contributed by atoms with Gasteiger partial charge in [0.2, 0.25) is 5.91 Å². The quantitative estimate of drug-likeness (QED) is 0.913. The molecule has 0 radical (unpaired) electrons. The van der Waals surface area contributed by atoms with E-state index in [9.17, 15) is 4.79 Å². The average molecular weight is 334 g/mol. The molecule has 23 heavy (non-hydrogen) atoms. The molecule has 0 aliphatic carbocycles. The van der Waals surface area contributed by atoms with Gasteiger partial charge in [-0.2, -0.15) is 0 Å². The molecule has 122 valence electrons. The summed E-state index contributed by atoms with van der Waals surface area (Å²) in [4.78, 5) is 14.1. The molecule has 0 bridgehead atoms. The van der Waals surface area contributed by atoms with E-state index >= 15 is 0 Å². The van der Waals surface area contributed by atoms with Crippen LogP contribution < -0.4 is 5.32 Å². The second-order valence-corrected chi connectivity index (χ2v) is 6.38. The first-order valence-corrected chi connectivity index (χ1v) is 8.16. The van der Waals surface area contributed by atoms with Crippen molar-refractivity contribution in [3.8, 4) is 11.3 Å². The molecule has 1 aromatic heterocycles. The lowest BCUT2D eigenvalue weighted by Crippen LogP contribution is -2.33. The van der Waals surface area contributed by atoms with E-state index in [4.69, 9.17) is 16.1 Å². The fourth-order valence-electron chi connectivity index (χ4n) is 2.83. The number of carbonyl (C=O) groups excluding carboxylic acids is 1. The van der Waals surface area contributed by atoms with Crippen LogP contribution in [0.1, 0.15) is 12.1 Å². The molecule has 1 amide bonds. The molecule has 1 aromatic carbocycles. The molecule has 5 nitrogen and oxygen atoms in total. The number of hydrogen-bond donors (Lipinski definition) is 1. The molecule has 1 atom stereocenters. The zero-order chi connectivity index (χ0) is 16.2. The minimum absolute atomic E-state index is 0.0518. The number of amides is 1. The lowest BCUT2D eigenvalue weighted by Gasteiger charge is -2.20. The van der Waals surface area contributed by atoms with Gasteiger partial charge in [-0.25, -0.2) is 0 Å². The maximum absolute atomic E-state index is 12.3. The number of aromatic nitrogens is 1. The SMILES string of the molecule is CN(CC1CCNC1)C(=O)Cc1cc(-c2ccccc2Cl)on1. The molecule has 1 aliphatic rings. The van der Waals surface area contributed by atoms with Gasteiger partial charge in [0.15, 0.2) is 5.76 Å². The molecule has 1 saturated heterocycles. The molecule has 6 heteroatoms. The van der Waals surface area contributed by atoms with Crippen molar-refractivity contribution in [2.24, 2.45) is 5.92 Å². The van der Waals surface area contributed by atoms with Crippen LogP contribution >= 0.6 is 11.6 Å². The topological polar surface area (TPSA) is 58.4 Å². The molecule has 1 aliphatic heterocycles. The van der Waals surface area contributed by atoms with Crippen molar-refractivity contribution >= 4 is 17.5 Å². The number of hydrogen-bond acceptors (Lipinski definition) is 4. The Balaban J connectivity index is 1.62. The normalized spacial score (nSPS) is 17.4. The Labute approximate surface area is 140 Å². The summed E-state index contributed by atoms with van der Waals surface area (Å²) in [7, 11) is 1.84. The molecule has 1 unspecified atom stereocenters. The lowest BCUT2D eigenvalue weighted by atomic mass is 10.1. The largest absolute Gasteiger partial charge is 0.356 e. The number of carbonyl (C=O) groups is 1. The third-order valence-electron chi connectivity index (χ3n) is 4.15. The van der Waals surface area contributed by atoms with Crippen LogP contribution in [0.25, 0.3) is 11.3 Å². The molecule has 0 spiro atoms. The van der Waals surface area contributed by atoms with Gasteiger partial charge in [0.05, 0.1) is 17.1 Å². The van der Waals surface area contributed by atoms with Crippen molar-refractivity contribution in [1.29, 1.82) is 0 Å².